The highest BCUT2D eigenvalue weighted by Gasteiger charge is 2.51. The maximum absolute atomic E-state index is 13.7. The van der Waals surface area contributed by atoms with E-state index in [1.165, 1.54) is 38.1 Å². The molecule has 3 saturated heterocycles. The number of hydrogen-bond donors (Lipinski definition) is 11. The molecule has 3 aliphatic heterocycles. The highest BCUT2D eigenvalue weighted by atomic mass is 16.7. The number of benzene rings is 2. The molecule has 6 rings (SSSR count). The number of hydrogen-bond acceptors (Lipinski definition) is 19. The lowest BCUT2D eigenvalue weighted by Gasteiger charge is -2.46. The molecule has 3 aromatic rings. The average Bonchev–Trinajstić information content (AvgIpc) is 3.10. The predicted molar refractivity (Wildman–Crippen MR) is 170 cm³/mol. The van der Waals surface area contributed by atoms with Gasteiger partial charge in [0, 0.05) is 17.7 Å². The molecule has 19 heteroatoms. The van der Waals surface area contributed by atoms with E-state index >= 15 is 0 Å². The van der Waals surface area contributed by atoms with Gasteiger partial charge in [0.05, 0.1) is 18.8 Å². The van der Waals surface area contributed by atoms with Gasteiger partial charge in [-0.3, -0.25) is 4.79 Å². The summed E-state index contributed by atoms with van der Waals surface area (Å²) in [6, 6.07) is 7.23. The summed E-state index contributed by atoms with van der Waals surface area (Å²) in [5, 5.41) is 115. The zero-order chi connectivity index (χ0) is 37.8. The third-order valence-electron chi connectivity index (χ3n) is 9.26. The monoisotopic (exact) mass is 740 g/mol. The zero-order valence-corrected chi connectivity index (χ0v) is 27.5. The number of aromatic hydroxyl groups is 3. The van der Waals surface area contributed by atoms with Crippen molar-refractivity contribution in [2.75, 3.05) is 6.61 Å². The molecule has 3 aliphatic rings. The fraction of sp³-hybridized carbons (Fsp3) is 0.545. The minimum absolute atomic E-state index is 0.127. The molecule has 2 aromatic carbocycles. The normalized spacial score (nSPS) is 38.3. The van der Waals surface area contributed by atoms with Gasteiger partial charge in [0.2, 0.25) is 17.5 Å². The molecule has 0 unspecified atom stereocenters. The van der Waals surface area contributed by atoms with Crippen molar-refractivity contribution in [1.82, 2.24) is 0 Å². The van der Waals surface area contributed by atoms with Crippen LogP contribution in [-0.2, 0) is 23.7 Å². The van der Waals surface area contributed by atoms with Gasteiger partial charge < -0.3 is 89.0 Å². The molecule has 0 saturated carbocycles. The first-order valence-corrected chi connectivity index (χ1v) is 16.2. The Hall–Kier alpha value is -3.67. The van der Waals surface area contributed by atoms with Crippen LogP contribution in [0.1, 0.15) is 13.8 Å². The molecule has 0 amide bonds. The van der Waals surface area contributed by atoms with Crippen molar-refractivity contribution < 1.29 is 89.0 Å². The first kappa shape index (κ1) is 38.1. The second-order valence-corrected chi connectivity index (χ2v) is 12.9. The molecule has 0 spiro atoms. The van der Waals surface area contributed by atoms with Crippen molar-refractivity contribution in [3.05, 3.63) is 46.6 Å². The van der Waals surface area contributed by atoms with E-state index in [2.05, 4.69) is 0 Å². The van der Waals surface area contributed by atoms with Crippen LogP contribution in [0.4, 0.5) is 0 Å². The largest absolute Gasteiger partial charge is 0.508 e. The Balaban J connectivity index is 1.22. The van der Waals surface area contributed by atoms with E-state index in [-0.39, 0.29) is 22.7 Å². The Labute approximate surface area is 293 Å². The number of aliphatic hydroxyl groups is 8. The quantitative estimate of drug-likeness (QED) is 0.113. The minimum Gasteiger partial charge on any atom is -0.508 e. The van der Waals surface area contributed by atoms with Crippen LogP contribution in [-0.4, -0.2) is 155 Å². The lowest BCUT2D eigenvalue weighted by molar-refractivity contribution is -0.358. The summed E-state index contributed by atoms with van der Waals surface area (Å²) in [6.07, 6.45) is -24.1. The molecular weight excluding hydrogens is 700 g/mol. The van der Waals surface area contributed by atoms with Crippen LogP contribution in [0.2, 0.25) is 0 Å². The number of ether oxygens (including phenoxy) is 6. The van der Waals surface area contributed by atoms with Gasteiger partial charge >= 0.3 is 0 Å². The second-order valence-electron chi connectivity index (χ2n) is 12.9. The summed E-state index contributed by atoms with van der Waals surface area (Å²) >= 11 is 0. The van der Waals surface area contributed by atoms with Crippen molar-refractivity contribution in [2.45, 2.75) is 106 Å². The predicted octanol–water partition coefficient (Wildman–Crippen LogP) is -2.54. The molecule has 0 bridgehead atoms. The van der Waals surface area contributed by atoms with Gasteiger partial charge in [-0.15, -0.1) is 0 Å². The Morgan fingerprint density at radius 3 is 1.96 bits per heavy atom. The molecule has 19 nitrogen and oxygen atoms in total. The van der Waals surface area contributed by atoms with Crippen LogP contribution < -0.4 is 10.2 Å². The van der Waals surface area contributed by atoms with E-state index in [0.717, 1.165) is 12.1 Å². The number of phenols is 3. The number of rotatable bonds is 8. The van der Waals surface area contributed by atoms with Gasteiger partial charge in [-0.2, -0.15) is 0 Å². The summed E-state index contributed by atoms with van der Waals surface area (Å²) in [6.45, 7) is 2.16. The van der Waals surface area contributed by atoms with Crippen molar-refractivity contribution >= 4 is 11.0 Å². The standard InChI is InChI=1S/C33H40O19/c1-10-19(37)23(41)25(43)32(48-10)51-29-20(38)11(2)47-31(27(29)45)46-9-17-21(39)24(42)26(44)33(50-17)52-30-22(40)18-15(36)7-14(35)8-16(18)49-28(30)12-3-5-13(34)6-4-12/h3-8,10-11,17,19-21,23-27,29,31-39,41-45H,9H2,1-2H3/t10-,11-,17+,19-,20-,21-,23+,24-,25+,26+,27+,29+,31+,32-,33-/m1/s1. The van der Waals surface area contributed by atoms with Crippen LogP contribution >= 0.6 is 0 Å². The van der Waals surface area contributed by atoms with E-state index in [9.17, 15) is 61.0 Å². The van der Waals surface area contributed by atoms with Crippen LogP contribution in [0.5, 0.6) is 23.0 Å². The van der Waals surface area contributed by atoms with Crippen LogP contribution in [0.25, 0.3) is 22.3 Å². The summed E-state index contributed by atoms with van der Waals surface area (Å²) in [5.74, 6) is -2.13. The molecule has 3 fully saturated rings. The van der Waals surface area contributed by atoms with Crippen molar-refractivity contribution in [3.63, 3.8) is 0 Å². The van der Waals surface area contributed by atoms with Crippen LogP contribution in [0.3, 0.4) is 0 Å². The molecule has 286 valence electrons. The van der Waals surface area contributed by atoms with Crippen LogP contribution in [0.15, 0.2) is 45.6 Å². The van der Waals surface area contributed by atoms with Crippen molar-refractivity contribution in [1.29, 1.82) is 0 Å². The summed E-state index contributed by atoms with van der Waals surface area (Å²) in [7, 11) is 0. The maximum atomic E-state index is 13.7. The minimum atomic E-state index is -1.98. The van der Waals surface area contributed by atoms with E-state index in [4.69, 9.17) is 32.8 Å². The summed E-state index contributed by atoms with van der Waals surface area (Å²) in [5.41, 5.74) is -1.06. The lowest BCUT2D eigenvalue weighted by Crippen LogP contribution is -2.64. The van der Waals surface area contributed by atoms with Gasteiger partial charge in [0.1, 0.15) is 89.3 Å². The molecule has 11 N–H and O–H groups in total. The Morgan fingerprint density at radius 2 is 1.27 bits per heavy atom. The molecule has 4 heterocycles. The smallest absolute Gasteiger partial charge is 0.239 e. The Kier molecular flexibility index (Phi) is 11.0. The first-order chi connectivity index (χ1) is 24.6. The van der Waals surface area contributed by atoms with E-state index < -0.39 is 127 Å². The highest BCUT2D eigenvalue weighted by molar-refractivity contribution is 5.88. The third kappa shape index (κ3) is 7.16. The summed E-state index contributed by atoms with van der Waals surface area (Å²) < 4.78 is 39.6. The van der Waals surface area contributed by atoms with Gasteiger partial charge in [0.25, 0.3) is 0 Å². The maximum Gasteiger partial charge on any atom is 0.239 e. The number of fused-ring (bicyclic) bond motifs is 1. The third-order valence-corrected chi connectivity index (χ3v) is 9.26. The molecule has 0 radical (unpaired) electrons. The van der Waals surface area contributed by atoms with Crippen molar-refractivity contribution in [3.8, 4) is 34.3 Å². The summed E-state index contributed by atoms with van der Waals surface area (Å²) in [4.78, 5) is 13.7. The average molecular weight is 741 g/mol. The van der Waals surface area contributed by atoms with Gasteiger partial charge in [-0.05, 0) is 38.1 Å². The Bertz CT molecular complexity index is 1770. The Morgan fingerprint density at radius 1 is 0.654 bits per heavy atom. The molecule has 1 aromatic heterocycles. The van der Waals surface area contributed by atoms with Gasteiger partial charge in [0.15, 0.2) is 18.3 Å². The SMILES string of the molecule is C[C@H]1O[C@H](O[C@@H]2[C@H](O)[C@@H](OC[C@@H]3O[C@H](Oc4c(-c5ccc(O)cc5)oc5cc(O)cc(O)c5c4=O)[C@@H](O)[C@H](O)[C@@H]3O)O[C@H](C)[C@H]2O)[C@@H](O)[C@@H](O)[C@@H]1O. The molecule has 0 aliphatic carbocycles. The first-order valence-electron chi connectivity index (χ1n) is 16.2. The highest BCUT2D eigenvalue weighted by Crippen LogP contribution is 2.38. The zero-order valence-electron chi connectivity index (χ0n) is 27.5. The molecule has 52 heavy (non-hydrogen) atoms. The molecular formula is C33H40O19. The lowest BCUT2D eigenvalue weighted by atomic mass is 9.97. The van der Waals surface area contributed by atoms with Crippen LogP contribution in [0, 0.1) is 0 Å². The number of phenolic OH excluding ortho intramolecular Hbond substituents is 3. The second kappa shape index (κ2) is 15.0. The van der Waals surface area contributed by atoms with E-state index in [1.807, 2.05) is 0 Å². The number of aliphatic hydroxyl groups excluding tert-OH is 8. The van der Waals surface area contributed by atoms with E-state index in [0.29, 0.717) is 0 Å². The van der Waals surface area contributed by atoms with Gasteiger partial charge in [-0.1, -0.05) is 0 Å². The van der Waals surface area contributed by atoms with Gasteiger partial charge in [-0.25, -0.2) is 0 Å². The van der Waals surface area contributed by atoms with Crippen molar-refractivity contribution in [2.24, 2.45) is 0 Å². The van der Waals surface area contributed by atoms with E-state index in [1.54, 1.807) is 0 Å². The molecule has 15 atom stereocenters. The fourth-order valence-corrected chi connectivity index (χ4v) is 6.21. The topological polar surface area (TPSA) is 308 Å². The fourth-order valence-electron chi connectivity index (χ4n) is 6.21.